The fourth-order valence-electron chi connectivity index (χ4n) is 2.25. The fourth-order valence-corrected chi connectivity index (χ4v) is 2.25. The van der Waals surface area contributed by atoms with Gasteiger partial charge in [-0.05, 0) is 49.2 Å². The van der Waals surface area contributed by atoms with E-state index in [2.05, 4.69) is 10.6 Å². The van der Waals surface area contributed by atoms with Crippen molar-refractivity contribution >= 4 is 17.5 Å². The summed E-state index contributed by atoms with van der Waals surface area (Å²) < 4.78 is 10.6. The lowest BCUT2D eigenvalue weighted by atomic mass is 10.2. The Morgan fingerprint density at radius 1 is 1.08 bits per heavy atom. The third-order valence-electron chi connectivity index (χ3n) is 3.75. The number of ether oxygens (including phenoxy) is 2. The maximum Gasteiger partial charge on any atom is 0.262 e. The molecule has 0 aliphatic heterocycles. The molecule has 1 fully saturated rings. The maximum atomic E-state index is 11.9. The van der Waals surface area contributed by atoms with Crippen molar-refractivity contribution < 1.29 is 19.1 Å². The lowest BCUT2D eigenvalue weighted by Crippen LogP contribution is -2.25. The van der Waals surface area contributed by atoms with Crippen LogP contribution in [-0.2, 0) is 4.79 Å². The normalized spacial score (nSPS) is 13.0. The molecule has 3 rings (SSSR count). The van der Waals surface area contributed by atoms with Crippen LogP contribution in [0.3, 0.4) is 0 Å². The average molecular weight is 340 g/mol. The number of amides is 2. The molecule has 0 spiro atoms. The first-order valence-corrected chi connectivity index (χ1v) is 8.11. The molecule has 0 heterocycles. The second-order valence-electron chi connectivity index (χ2n) is 5.84. The summed E-state index contributed by atoms with van der Waals surface area (Å²) in [5.41, 5.74) is 1.22. The molecule has 1 aliphatic rings. The van der Waals surface area contributed by atoms with Gasteiger partial charge in [-0.25, -0.2) is 0 Å². The van der Waals surface area contributed by atoms with Crippen LogP contribution in [0.2, 0.25) is 0 Å². The highest BCUT2D eigenvalue weighted by molar-refractivity contribution is 5.94. The van der Waals surface area contributed by atoms with E-state index in [0.29, 0.717) is 28.8 Å². The molecule has 0 unspecified atom stereocenters. The van der Waals surface area contributed by atoms with Gasteiger partial charge in [0.2, 0.25) is 0 Å². The van der Waals surface area contributed by atoms with Crippen molar-refractivity contribution in [3.05, 3.63) is 54.1 Å². The van der Waals surface area contributed by atoms with E-state index in [1.165, 1.54) is 0 Å². The monoisotopic (exact) mass is 340 g/mol. The van der Waals surface area contributed by atoms with Gasteiger partial charge in [0.1, 0.15) is 11.5 Å². The summed E-state index contributed by atoms with van der Waals surface area (Å²) in [5.74, 6) is 0.844. The number of nitrogens with one attached hydrogen (secondary N) is 2. The molecule has 2 amide bonds. The van der Waals surface area contributed by atoms with E-state index in [1.54, 1.807) is 55.6 Å². The van der Waals surface area contributed by atoms with E-state index >= 15 is 0 Å². The van der Waals surface area contributed by atoms with Crippen LogP contribution < -0.4 is 20.1 Å². The zero-order chi connectivity index (χ0) is 17.6. The van der Waals surface area contributed by atoms with E-state index in [9.17, 15) is 9.59 Å². The number of methoxy groups -OCH3 is 1. The Bertz CT molecular complexity index is 754. The number of anilines is 1. The summed E-state index contributed by atoms with van der Waals surface area (Å²) in [5, 5.41) is 5.66. The van der Waals surface area contributed by atoms with E-state index in [4.69, 9.17) is 9.47 Å². The van der Waals surface area contributed by atoms with Crippen molar-refractivity contribution in [3.8, 4) is 11.5 Å². The minimum atomic E-state index is -0.274. The van der Waals surface area contributed by atoms with Crippen LogP contribution in [0, 0.1) is 0 Å². The molecular formula is C19H20N2O4. The number of benzene rings is 2. The summed E-state index contributed by atoms with van der Waals surface area (Å²) in [6, 6.07) is 14.2. The Morgan fingerprint density at radius 3 is 2.52 bits per heavy atom. The van der Waals surface area contributed by atoms with E-state index in [1.807, 2.05) is 0 Å². The molecule has 0 atom stereocenters. The largest absolute Gasteiger partial charge is 0.497 e. The Morgan fingerprint density at radius 2 is 1.84 bits per heavy atom. The van der Waals surface area contributed by atoms with Gasteiger partial charge in [-0.15, -0.1) is 0 Å². The van der Waals surface area contributed by atoms with Crippen LogP contribution in [0.4, 0.5) is 5.69 Å². The van der Waals surface area contributed by atoms with E-state index < -0.39 is 0 Å². The van der Waals surface area contributed by atoms with Gasteiger partial charge < -0.3 is 20.1 Å². The smallest absolute Gasteiger partial charge is 0.262 e. The van der Waals surface area contributed by atoms with Crippen molar-refractivity contribution in [3.63, 3.8) is 0 Å². The highest BCUT2D eigenvalue weighted by atomic mass is 16.5. The Labute approximate surface area is 146 Å². The molecular weight excluding hydrogens is 320 g/mol. The van der Waals surface area contributed by atoms with Crippen LogP contribution >= 0.6 is 0 Å². The number of hydrogen-bond acceptors (Lipinski definition) is 4. The van der Waals surface area contributed by atoms with Gasteiger partial charge in [0.15, 0.2) is 6.61 Å². The zero-order valence-corrected chi connectivity index (χ0v) is 14.0. The van der Waals surface area contributed by atoms with Gasteiger partial charge in [0.25, 0.3) is 11.8 Å². The van der Waals surface area contributed by atoms with Crippen molar-refractivity contribution in [2.24, 2.45) is 0 Å². The van der Waals surface area contributed by atoms with Crippen molar-refractivity contribution in [1.82, 2.24) is 5.32 Å². The molecule has 1 saturated carbocycles. The highest BCUT2D eigenvalue weighted by Crippen LogP contribution is 2.20. The lowest BCUT2D eigenvalue weighted by Gasteiger charge is -2.09. The van der Waals surface area contributed by atoms with Crippen molar-refractivity contribution in [1.29, 1.82) is 0 Å². The molecule has 130 valence electrons. The van der Waals surface area contributed by atoms with Gasteiger partial charge in [-0.3, -0.25) is 9.59 Å². The lowest BCUT2D eigenvalue weighted by molar-refractivity contribution is -0.118. The molecule has 0 saturated heterocycles. The molecule has 1 aliphatic carbocycles. The van der Waals surface area contributed by atoms with E-state index in [-0.39, 0.29) is 18.4 Å². The SMILES string of the molecule is COc1cccc(NC(=O)COc2ccc(C(=O)NC3CC3)cc2)c1. The third kappa shape index (κ3) is 4.97. The number of hydrogen-bond donors (Lipinski definition) is 2. The minimum Gasteiger partial charge on any atom is -0.497 e. The Kier molecular flexibility index (Phi) is 5.18. The van der Waals surface area contributed by atoms with Gasteiger partial charge in [-0.1, -0.05) is 6.07 Å². The Balaban J connectivity index is 1.48. The topological polar surface area (TPSA) is 76.7 Å². The third-order valence-corrected chi connectivity index (χ3v) is 3.75. The van der Waals surface area contributed by atoms with Gasteiger partial charge >= 0.3 is 0 Å². The standard InChI is InChI=1S/C19H20N2O4/c1-24-17-4-2-3-15(11-17)20-18(22)12-25-16-9-5-13(6-10-16)19(23)21-14-7-8-14/h2-6,9-11,14H,7-8,12H2,1H3,(H,20,22)(H,21,23). The minimum absolute atomic E-state index is 0.0789. The zero-order valence-electron chi connectivity index (χ0n) is 14.0. The first-order valence-electron chi connectivity index (χ1n) is 8.11. The van der Waals surface area contributed by atoms with Gasteiger partial charge in [0, 0.05) is 23.4 Å². The molecule has 2 aromatic rings. The molecule has 6 nitrogen and oxygen atoms in total. The second kappa shape index (κ2) is 7.70. The molecule has 0 bridgehead atoms. The molecule has 0 radical (unpaired) electrons. The molecule has 2 N–H and O–H groups in total. The first kappa shape index (κ1) is 16.8. The summed E-state index contributed by atoms with van der Waals surface area (Å²) in [6.07, 6.45) is 2.10. The van der Waals surface area contributed by atoms with Crippen molar-refractivity contribution in [2.45, 2.75) is 18.9 Å². The number of carbonyl (C=O) groups is 2. The van der Waals surface area contributed by atoms with Crippen LogP contribution in [0.15, 0.2) is 48.5 Å². The second-order valence-corrected chi connectivity index (χ2v) is 5.84. The summed E-state index contributed by atoms with van der Waals surface area (Å²) in [6.45, 7) is -0.120. The average Bonchev–Trinajstić information content (AvgIpc) is 3.44. The van der Waals surface area contributed by atoms with Crippen LogP contribution in [0.1, 0.15) is 23.2 Å². The molecule has 6 heteroatoms. The van der Waals surface area contributed by atoms with Crippen LogP contribution in [0.5, 0.6) is 11.5 Å². The van der Waals surface area contributed by atoms with Crippen LogP contribution in [-0.4, -0.2) is 31.6 Å². The van der Waals surface area contributed by atoms with Gasteiger partial charge in [-0.2, -0.15) is 0 Å². The summed E-state index contributed by atoms with van der Waals surface area (Å²) >= 11 is 0. The number of rotatable bonds is 7. The molecule has 25 heavy (non-hydrogen) atoms. The quantitative estimate of drug-likeness (QED) is 0.812. The van der Waals surface area contributed by atoms with Crippen molar-refractivity contribution in [2.75, 3.05) is 19.0 Å². The van der Waals surface area contributed by atoms with E-state index in [0.717, 1.165) is 12.8 Å². The maximum absolute atomic E-state index is 11.9. The first-order chi connectivity index (χ1) is 12.1. The molecule has 2 aromatic carbocycles. The predicted molar refractivity (Wildman–Crippen MR) is 94.0 cm³/mol. The number of carbonyl (C=O) groups excluding carboxylic acids is 2. The fraction of sp³-hybridized carbons (Fsp3) is 0.263. The summed E-state index contributed by atoms with van der Waals surface area (Å²) in [7, 11) is 1.57. The summed E-state index contributed by atoms with van der Waals surface area (Å²) in [4.78, 5) is 23.8. The van der Waals surface area contributed by atoms with Gasteiger partial charge in [0.05, 0.1) is 7.11 Å². The highest BCUT2D eigenvalue weighted by Gasteiger charge is 2.23. The Hall–Kier alpha value is -3.02. The molecule has 0 aromatic heterocycles. The predicted octanol–water partition coefficient (Wildman–Crippen LogP) is 2.60. The van der Waals surface area contributed by atoms with Crippen LogP contribution in [0.25, 0.3) is 0 Å².